The van der Waals surface area contributed by atoms with Gasteiger partial charge in [0.1, 0.15) is 0 Å². The molecule has 22 heavy (non-hydrogen) atoms. The molecule has 0 saturated carbocycles. The molecule has 1 fully saturated rings. The molecule has 0 aliphatic carbocycles. The summed E-state index contributed by atoms with van der Waals surface area (Å²) in [6.07, 6.45) is 9.22. The molecule has 0 spiro atoms. The Labute approximate surface area is 134 Å². The Morgan fingerprint density at radius 1 is 1.41 bits per heavy atom. The number of aliphatic imine (C=N–C) groups is 1. The highest BCUT2D eigenvalue weighted by Crippen LogP contribution is 2.18. The van der Waals surface area contributed by atoms with Crippen molar-refractivity contribution in [2.45, 2.75) is 45.2 Å². The van der Waals surface area contributed by atoms with Crippen LogP contribution in [0.25, 0.3) is 0 Å². The number of nitrogens with one attached hydrogen (secondary N) is 2. The van der Waals surface area contributed by atoms with Gasteiger partial charge in [-0.3, -0.25) is 14.6 Å². The van der Waals surface area contributed by atoms with Gasteiger partial charge in [-0.1, -0.05) is 13.3 Å². The number of piperidine rings is 1. The highest BCUT2D eigenvalue weighted by molar-refractivity contribution is 5.79. The van der Waals surface area contributed by atoms with E-state index < -0.39 is 0 Å². The third kappa shape index (κ3) is 5.02. The largest absolute Gasteiger partial charge is 0.355 e. The maximum Gasteiger partial charge on any atom is 0.191 e. The number of guanidine groups is 1. The topological polar surface area (TPSA) is 57.5 Å². The fraction of sp³-hybridized carbons (Fsp3) is 0.750. The Balaban J connectivity index is 1.69. The lowest BCUT2D eigenvalue weighted by molar-refractivity contribution is 0.147. The van der Waals surface area contributed by atoms with Crippen LogP contribution >= 0.6 is 0 Å². The molecule has 0 bridgehead atoms. The van der Waals surface area contributed by atoms with E-state index in [1.807, 2.05) is 31.2 Å². The maximum absolute atomic E-state index is 4.28. The van der Waals surface area contributed by atoms with E-state index in [-0.39, 0.29) is 0 Å². The quantitative estimate of drug-likeness (QED) is 0.615. The zero-order valence-electron chi connectivity index (χ0n) is 14.2. The number of nitrogens with zero attached hydrogens (tertiary/aromatic N) is 4. The van der Waals surface area contributed by atoms with Gasteiger partial charge in [0.2, 0.25) is 0 Å². The maximum atomic E-state index is 4.28. The molecule has 1 aromatic heterocycles. The zero-order valence-corrected chi connectivity index (χ0v) is 14.2. The van der Waals surface area contributed by atoms with Gasteiger partial charge in [-0.25, -0.2) is 0 Å². The average molecular weight is 306 g/mol. The van der Waals surface area contributed by atoms with Crippen molar-refractivity contribution in [1.82, 2.24) is 25.3 Å². The summed E-state index contributed by atoms with van der Waals surface area (Å²) in [5.41, 5.74) is 1.16. The second-order valence-electron chi connectivity index (χ2n) is 5.97. The molecular weight excluding hydrogens is 276 g/mol. The molecule has 6 heteroatoms. The summed E-state index contributed by atoms with van der Waals surface area (Å²) < 4.78 is 1.81. The normalized spacial score (nSPS) is 20.1. The van der Waals surface area contributed by atoms with Gasteiger partial charge >= 0.3 is 0 Å². The Morgan fingerprint density at radius 2 is 2.27 bits per heavy atom. The summed E-state index contributed by atoms with van der Waals surface area (Å²) in [6.45, 7) is 6.30. The third-order valence-corrected chi connectivity index (χ3v) is 4.35. The van der Waals surface area contributed by atoms with E-state index in [4.69, 9.17) is 0 Å². The van der Waals surface area contributed by atoms with Crippen LogP contribution in [-0.4, -0.2) is 53.4 Å². The van der Waals surface area contributed by atoms with Gasteiger partial charge in [0.15, 0.2) is 5.96 Å². The van der Waals surface area contributed by atoms with Crippen molar-refractivity contribution in [1.29, 1.82) is 0 Å². The Morgan fingerprint density at radius 3 is 2.95 bits per heavy atom. The predicted octanol–water partition coefficient (Wildman–Crippen LogP) is 1.35. The monoisotopic (exact) mass is 306 g/mol. The van der Waals surface area contributed by atoms with Crippen LogP contribution in [0, 0.1) is 0 Å². The van der Waals surface area contributed by atoms with Crippen molar-refractivity contribution in [3.63, 3.8) is 0 Å². The van der Waals surface area contributed by atoms with Crippen molar-refractivity contribution in [2.24, 2.45) is 12.0 Å². The van der Waals surface area contributed by atoms with Gasteiger partial charge in [-0.15, -0.1) is 0 Å². The number of hydrogen-bond donors (Lipinski definition) is 2. The highest BCUT2D eigenvalue weighted by atomic mass is 15.2. The standard InChI is InChI=1S/C16H30N6/c1-4-15-7-5-6-9-22(15)10-8-18-16(17-2)19-11-14-12-20-21(3)13-14/h12-13,15H,4-11H2,1-3H3,(H2,17,18,19). The molecular formula is C16H30N6. The fourth-order valence-electron chi connectivity index (χ4n) is 3.10. The molecule has 1 atom stereocenters. The lowest BCUT2D eigenvalue weighted by Gasteiger charge is -2.35. The predicted molar refractivity (Wildman–Crippen MR) is 90.9 cm³/mol. The second-order valence-corrected chi connectivity index (χ2v) is 5.97. The first-order valence-corrected chi connectivity index (χ1v) is 8.39. The third-order valence-electron chi connectivity index (χ3n) is 4.35. The summed E-state index contributed by atoms with van der Waals surface area (Å²) in [6, 6.07) is 0.765. The van der Waals surface area contributed by atoms with Crippen LogP contribution in [0.2, 0.25) is 0 Å². The lowest BCUT2D eigenvalue weighted by Crippen LogP contribution is -2.45. The molecule has 0 amide bonds. The van der Waals surface area contributed by atoms with Crippen LogP contribution in [0.15, 0.2) is 17.4 Å². The first kappa shape index (κ1) is 16.8. The molecule has 0 radical (unpaired) electrons. The first-order valence-electron chi connectivity index (χ1n) is 8.39. The van der Waals surface area contributed by atoms with E-state index in [2.05, 4.69) is 32.5 Å². The van der Waals surface area contributed by atoms with Crippen molar-refractivity contribution in [3.05, 3.63) is 18.0 Å². The Kier molecular flexibility index (Phi) is 6.71. The van der Waals surface area contributed by atoms with E-state index in [1.165, 1.54) is 32.2 Å². The van der Waals surface area contributed by atoms with Crippen LogP contribution in [0.5, 0.6) is 0 Å². The SMILES string of the molecule is CCC1CCCCN1CCNC(=NC)NCc1cnn(C)c1. The van der Waals surface area contributed by atoms with E-state index in [0.717, 1.165) is 37.2 Å². The molecule has 1 aliphatic heterocycles. The summed E-state index contributed by atoms with van der Waals surface area (Å²) in [5, 5.41) is 10.9. The van der Waals surface area contributed by atoms with Crippen molar-refractivity contribution >= 4 is 5.96 Å². The molecule has 2 N–H and O–H groups in total. The minimum Gasteiger partial charge on any atom is -0.355 e. The van der Waals surface area contributed by atoms with E-state index >= 15 is 0 Å². The van der Waals surface area contributed by atoms with Gasteiger partial charge in [-0.05, 0) is 25.8 Å². The molecule has 6 nitrogen and oxygen atoms in total. The van der Waals surface area contributed by atoms with Crippen LogP contribution in [0.1, 0.15) is 38.2 Å². The summed E-state index contributed by atoms with van der Waals surface area (Å²) in [4.78, 5) is 6.90. The van der Waals surface area contributed by atoms with Gasteiger partial charge in [0.25, 0.3) is 0 Å². The molecule has 124 valence electrons. The zero-order chi connectivity index (χ0) is 15.8. The van der Waals surface area contributed by atoms with E-state index in [1.54, 1.807) is 0 Å². The van der Waals surface area contributed by atoms with Crippen LogP contribution in [0.3, 0.4) is 0 Å². The number of rotatable bonds is 6. The molecule has 1 aliphatic rings. The first-order chi connectivity index (χ1) is 10.7. The Hall–Kier alpha value is -1.56. The summed E-state index contributed by atoms with van der Waals surface area (Å²) in [5.74, 6) is 0.855. The molecule has 1 aromatic rings. The van der Waals surface area contributed by atoms with E-state index in [9.17, 15) is 0 Å². The van der Waals surface area contributed by atoms with E-state index in [0.29, 0.717) is 0 Å². The minimum absolute atomic E-state index is 0.745. The minimum atomic E-state index is 0.745. The number of aryl methyl sites for hydroxylation is 1. The van der Waals surface area contributed by atoms with Crippen molar-refractivity contribution in [2.75, 3.05) is 26.7 Å². The molecule has 0 aromatic carbocycles. The highest BCUT2D eigenvalue weighted by Gasteiger charge is 2.19. The van der Waals surface area contributed by atoms with Gasteiger partial charge in [-0.2, -0.15) is 5.10 Å². The van der Waals surface area contributed by atoms with Crippen molar-refractivity contribution in [3.8, 4) is 0 Å². The van der Waals surface area contributed by atoms with Gasteiger partial charge in [0.05, 0.1) is 6.20 Å². The van der Waals surface area contributed by atoms with Gasteiger partial charge < -0.3 is 10.6 Å². The molecule has 1 unspecified atom stereocenters. The summed E-state index contributed by atoms with van der Waals surface area (Å²) in [7, 11) is 3.74. The number of likely N-dealkylation sites (tertiary alicyclic amines) is 1. The lowest BCUT2D eigenvalue weighted by atomic mass is 10.0. The van der Waals surface area contributed by atoms with Gasteiger partial charge in [0, 0.05) is 51.5 Å². The Bertz CT molecular complexity index is 467. The fourth-order valence-corrected chi connectivity index (χ4v) is 3.10. The van der Waals surface area contributed by atoms with Crippen LogP contribution in [-0.2, 0) is 13.6 Å². The van der Waals surface area contributed by atoms with Crippen LogP contribution < -0.4 is 10.6 Å². The average Bonchev–Trinajstić information content (AvgIpc) is 2.96. The second kappa shape index (κ2) is 8.78. The summed E-state index contributed by atoms with van der Waals surface area (Å²) >= 11 is 0. The smallest absolute Gasteiger partial charge is 0.191 e. The molecule has 2 heterocycles. The molecule has 2 rings (SSSR count). The number of aromatic nitrogens is 2. The number of hydrogen-bond acceptors (Lipinski definition) is 3. The van der Waals surface area contributed by atoms with Crippen LogP contribution in [0.4, 0.5) is 0 Å². The van der Waals surface area contributed by atoms with Crippen molar-refractivity contribution < 1.29 is 0 Å². The molecule has 1 saturated heterocycles.